The smallest absolute Gasteiger partial charge is 0.157 e. The molecule has 4 heteroatoms. The molecule has 0 spiro atoms. The largest absolute Gasteiger partial charge is 0.486 e. The lowest BCUT2D eigenvalue weighted by atomic mass is 10.0. The molecule has 0 N–H and O–H groups in total. The molecule has 0 bridgehead atoms. The highest BCUT2D eigenvalue weighted by Gasteiger charge is 2.15. The van der Waals surface area contributed by atoms with Crippen molar-refractivity contribution in [3.63, 3.8) is 0 Å². The van der Waals surface area contributed by atoms with Gasteiger partial charge in [-0.15, -0.1) is 0 Å². The Morgan fingerprint density at radius 1 is 1.11 bits per heavy atom. The summed E-state index contributed by atoms with van der Waals surface area (Å²) in [5.41, 5.74) is 0.954. The average molecular weight is 297 g/mol. The monoisotopic (exact) mass is 296 g/mol. The van der Waals surface area contributed by atoms with Gasteiger partial charge in [0.25, 0.3) is 0 Å². The highest BCUT2D eigenvalue weighted by molar-refractivity contribution is 6.39. The van der Waals surface area contributed by atoms with Crippen LogP contribution in [0.3, 0.4) is 0 Å². The third-order valence-corrected chi connectivity index (χ3v) is 3.23. The summed E-state index contributed by atoms with van der Waals surface area (Å²) in [6.45, 7) is 3.84. The van der Waals surface area contributed by atoms with Crippen molar-refractivity contribution in [2.24, 2.45) is 0 Å². The van der Waals surface area contributed by atoms with Crippen molar-refractivity contribution in [2.45, 2.75) is 0 Å². The van der Waals surface area contributed by atoms with Gasteiger partial charge >= 0.3 is 0 Å². The Balaban J connectivity index is 2.54. The molecule has 0 radical (unpaired) electrons. The number of ether oxygens (including phenoxy) is 1. The van der Waals surface area contributed by atoms with Crippen LogP contribution in [0.25, 0.3) is 11.1 Å². The van der Waals surface area contributed by atoms with Crippen LogP contribution in [0.15, 0.2) is 49.1 Å². The van der Waals surface area contributed by atoms with E-state index >= 15 is 0 Å². The van der Waals surface area contributed by atoms with Crippen LogP contribution < -0.4 is 4.74 Å². The molecule has 2 aromatic rings. The van der Waals surface area contributed by atoms with Crippen LogP contribution in [-0.4, -0.2) is 6.61 Å². The van der Waals surface area contributed by atoms with Crippen molar-refractivity contribution >= 4 is 23.2 Å². The van der Waals surface area contributed by atoms with Crippen molar-refractivity contribution in [3.05, 3.63) is 64.9 Å². The summed E-state index contributed by atoms with van der Waals surface area (Å²) in [5.74, 6) is -0.00891. The van der Waals surface area contributed by atoms with E-state index in [0.717, 1.165) is 0 Å². The molecular weight excluding hydrogens is 286 g/mol. The summed E-state index contributed by atoms with van der Waals surface area (Å²) in [6.07, 6.45) is 1.59. The van der Waals surface area contributed by atoms with Crippen LogP contribution in [0.5, 0.6) is 5.75 Å². The van der Waals surface area contributed by atoms with Gasteiger partial charge in [0, 0.05) is 11.1 Å². The molecule has 0 aliphatic carbocycles. The zero-order valence-electron chi connectivity index (χ0n) is 10.00. The first kappa shape index (κ1) is 13.9. The van der Waals surface area contributed by atoms with Gasteiger partial charge < -0.3 is 4.74 Å². The highest BCUT2D eigenvalue weighted by Crippen LogP contribution is 2.40. The van der Waals surface area contributed by atoms with E-state index in [1.165, 1.54) is 6.07 Å². The molecule has 0 aliphatic rings. The Morgan fingerprint density at radius 2 is 1.84 bits per heavy atom. The SMILES string of the molecule is C=CCOc1c(Cl)ccc(-c2ccccc2F)c1Cl. The van der Waals surface area contributed by atoms with Crippen molar-refractivity contribution in [1.29, 1.82) is 0 Å². The van der Waals surface area contributed by atoms with Crippen molar-refractivity contribution in [2.75, 3.05) is 6.61 Å². The zero-order chi connectivity index (χ0) is 13.8. The minimum Gasteiger partial charge on any atom is -0.486 e. The van der Waals surface area contributed by atoms with Gasteiger partial charge in [0.2, 0.25) is 0 Å². The molecule has 0 fully saturated rings. The Hall–Kier alpha value is -1.51. The minimum atomic E-state index is -0.346. The third kappa shape index (κ3) is 2.91. The number of halogens is 3. The molecule has 2 rings (SSSR count). The second kappa shape index (κ2) is 6.09. The zero-order valence-corrected chi connectivity index (χ0v) is 11.5. The van der Waals surface area contributed by atoms with Gasteiger partial charge in [0.15, 0.2) is 5.75 Å². The van der Waals surface area contributed by atoms with Crippen molar-refractivity contribution in [3.8, 4) is 16.9 Å². The van der Waals surface area contributed by atoms with Crippen LogP contribution in [0, 0.1) is 5.82 Å². The number of benzene rings is 2. The van der Waals surface area contributed by atoms with Crippen LogP contribution in [0.1, 0.15) is 0 Å². The molecule has 0 aromatic heterocycles. The number of hydrogen-bond donors (Lipinski definition) is 0. The molecule has 0 aliphatic heterocycles. The molecule has 0 atom stereocenters. The summed E-state index contributed by atoms with van der Waals surface area (Å²) in [6, 6.07) is 9.70. The second-order valence-electron chi connectivity index (χ2n) is 3.82. The molecule has 1 nitrogen and oxygen atoms in total. The standard InChI is InChI=1S/C15H11Cl2FO/c1-2-9-19-15-12(16)8-7-11(14(15)17)10-5-3-4-6-13(10)18/h2-8H,1,9H2. The van der Waals surface area contributed by atoms with Gasteiger partial charge in [-0.2, -0.15) is 0 Å². The first-order valence-corrected chi connectivity index (χ1v) is 6.37. The van der Waals surface area contributed by atoms with E-state index in [4.69, 9.17) is 27.9 Å². The molecule has 0 amide bonds. The Bertz CT molecular complexity index is 611. The van der Waals surface area contributed by atoms with Crippen LogP contribution in [-0.2, 0) is 0 Å². The van der Waals surface area contributed by atoms with E-state index in [1.54, 1.807) is 36.4 Å². The topological polar surface area (TPSA) is 9.23 Å². The van der Waals surface area contributed by atoms with E-state index in [9.17, 15) is 4.39 Å². The predicted molar refractivity (Wildman–Crippen MR) is 77.5 cm³/mol. The van der Waals surface area contributed by atoms with Gasteiger partial charge in [0.1, 0.15) is 12.4 Å². The van der Waals surface area contributed by atoms with Crippen molar-refractivity contribution in [1.82, 2.24) is 0 Å². The summed E-state index contributed by atoms with van der Waals surface area (Å²) in [5, 5.41) is 0.673. The molecule has 0 saturated carbocycles. The quantitative estimate of drug-likeness (QED) is 0.690. The molecule has 2 aromatic carbocycles. The first-order valence-electron chi connectivity index (χ1n) is 5.61. The lowest BCUT2D eigenvalue weighted by Gasteiger charge is -2.12. The molecule has 0 heterocycles. The first-order chi connectivity index (χ1) is 9.15. The average Bonchev–Trinajstić information content (AvgIpc) is 2.40. The van der Waals surface area contributed by atoms with E-state index in [-0.39, 0.29) is 12.4 Å². The highest BCUT2D eigenvalue weighted by atomic mass is 35.5. The minimum absolute atomic E-state index is 0.278. The van der Waals surface area contributed by atoms with Gasteiger partial charge in [-0.1, -0.05) is 60.1 Å². The Labute approximate surface area is 121 Å². The van der Waals surface area contributed by atoms with Crippen molar-refractivity contribution < 1.29 is 9.13 Å². The lowest BCUT2D eigenvalue weighted by molar-refractivity contribution is 0.364. The second-order valence-corrected chi connectivity index (χ2v) is 4.60. The predicted octanol–water partition coefficient (Wildman–Crippen LogP) is 5.36. The van der Waals surface area contributed by atoms with E-state index in [1.807, 2.05) is 0 Å². The molecule has 0 unspecified atom stereocenters. The Morgan fingerprint density at radius 3 is 2.53 bits per heavy atom. The summed E-state index contributed by atoms with van der Waals surface area (Å²) >= 11 is 12.3. The van der Waals surface area contributed by atoms with E-state index in [2.05, 4.69) is 6.58 Å². The fourth-order valence-electron chi connectivity index (χ4n) is 1.69. The summed E-state index contributed by atoms with van der Waals surface area (Å²) in [7, 11) is 0. The molecule has 98 valence electrons. The maximum Gasteiger partial charge on any atom is 0.157 e. The van der Waals surface area contributed by atoms with Gasteiger partial charge in [-0.3, -0.25) is 0 Å². The van der Waals surface area contributed by atoms with Crippen LogP contribution >= 0.6 is 23.2 Å². The lowest BCUT2D eigenvalue weighted by Crippen LogP contribution is -1.96. The maximum absolute atomic E-state index is 13.8. The van der Waals surface area contributed by atoms with Gasteiger partial charge in [-0.25, -0.2) is 4.39 Å². The van der Waals surface area contributed by atoms with Gasteiger partial charge in [0.05, 0.1) is 10.0 Å². The fourth-order valence-corrected chi connectivity index (χ4v) is 2.28. The Kier molecular flexibility index (Phi) is 4.46. The molecular formula is C15H11Cl2FO. The number of rotatable bonds is 4. The van der Waals surface area contributed by atoms with E-state index < -0.39 is 0 Å². The van der Waals surface area contributed by atoms with Gasteiger partial charge in [-0.05, 0) is 12.1 Å². The summed E-state index contributed by atoms with van der Waals surface area (Å²) in [4.78, 5) is 0. The third-order valence-electron chi connectivity index (χ3n) is 2.56. The van der Waals surface area contributed by atoms with Crippen LogP contribution in [0.4, 0.5) is 4.39 Å². The van der Waals surface area contributed by atoms with Crippen LogP contribution in [0.2, 0.25) is 10.0 Å². The van der Waals surface area contributed by atoms with E-state index in [0.29, 0.717) is 26.9 Å². The molecule has 19 heavy (non-hydrogen) atoms. The normalized spacial score (nSPS) is 10.3. The maximum atomic E-state index is 13.8. The molecule has 0 saturated heterocycles. The number of hydrogen-bond acceptors (Lipinski definition) is 1. The fraction of sp³-hybridized carbons (Fsp3) is 0.0667. The summed E-state index contributed by atoms with van der Waals surface area (Å²) < 4.78 is 19.2.